The van der Waals surface area contributed by atoms with Crippen LogP contribution in [0.25, 0.3) is 0 Å². The maximum absolute atomic E-state index is 10.6. The molecule has 21 heavy (non-hydrogen) atoms. The molecule has 0 radical (unpaired) electrons. The van der Waals surface area contributed by atoms with Gasteiger partial charge in [-0.2, -0.15) is 0 Å². The third kappa shape index (κ3) is 5.44. The Labute approximate surface area is 133 Å². The smallest absolute Gasteiger partial charge is 0.250 e. The standard InChI is InChI=1S/C18H36O2Si/c1-14(17(19)16-11-9-8-10-12-16)13-15(2)20-21(6,7)18(3,4)5/h13-14,16-17,19H,8-12H2,1-7H3/b15-13-/t14-,17-/m0/s1. The van der Waals surface area contributed by atoms with Crippen LogP contribution in [0.3, 0.4) is 0 Å². The van der Waals surface area contributed by atoms with Gasteiger partial charge in [-0.3, -0.25) is 0 Å². The Morgan fingerprint density at radius 2 is 1.71 bits per heavy atom. The van der Waals surface area contributed by atoms with Crippen LogP contribution in [-0.2, 0) is 4.43 Å². The molecule has 3 heteroatoms. The lowest BCUT2D eigenvalue weighted by Gasteiger charge is -2.37. The molecule has 1 N–H and O–H groups in total. The maximum Gasteiger partial charge on any atom is 0.250 e. The van der Waals surface area contributed by atoms with Crippen LogP contribution in [-0.4, -0.2) is 19.5 Å². The topological polar surface area (TPSA) is 29.5 Å². The second-order valence-electron chi connectivity index (χ2n) is 8.39. The van der Waals surface area contributed by atoms with Crippen molar-refractivity contribution in [1.29, 1.82) is 0 Å². The third-order valence-corrected chi connectivity index (χ3v) is 9.84. The minimum Gasteiger partial charge on any atom is -0.547 e. The van der Waals surface area contributed by atoms with Crippen LogP contribution in [0.5, 0.6) is 0 Å². The zero-order valence-corrected chi connectivity index (χ0v) is 16.2. The molecule has 2 nitrogen and oxygen atoms in total. The maximum atomic E-state index is 10.6. The van der Waals surface area contributed by atoms with Crippen LogP contribution < -0.4 is 0 Å². The molecule has 1 fully saturated rings. The summed E-state index contributed by atoms with van der Waals surface area (Å²) in [6, 6.07) is 0. The van der Waals surface area contributed by atoms with Crippen molar-refractivity contribution in [3.05, 3.63) is 11.8 Å². The highest BCUT2D eigenvalue weighted by atomic mass is 28.4. The van der Waals surface area contributed by atoms with E-state index in [2.05, 4.69) is 46.9 Å². The van der Waals surface area contributed by atoms with Gasteiger partial charge in [0.25, 0.3) is 0 Å². The molecule has 0 spiro atoms. The van der Waals surface area contributed by atoms with Gasteiger partial charge in [-0.1, -0.05) is 47.0 Å². The molecular weight excluding hydrogens is 276 g/mol. The van der Waals surface area contributed by atoms with E-state index in [0.29, 0.717) is 5.92 Å². The summed E-state index contributed by atoms with van der Waals surface area (Å²) < 4.78 is 6.30. The van der Waals surface area contributed by atoms with E-state index < -0.39 is 8.32 Å². The first-order chi connectivity index (χ1) is 9.54. The first kappa shape index (κ1) is 18.8. The minimum absolute atomic E-state index is 0.179. The van der Waals surface area contributed by atoms with Gasteiger partial charge in [-0.05, 0) is 49.9 Å². The highest BCUT2D eigenvalue weighted by Crippen LogP contribution is 2.38. The number of allylic oxidation sites excluding steroid dienone is 1. The molecule has 124 valence electrons. The lowest BCUT2D eigenvalue weighted by atomic mass is 9.81. The van der Waals surface area contributed by atoms with Crippen molar-refractivity contribution in [2.45, 2.75) is 91.0 Å². The molecule has 0 heterocycles. The highest BCUT2D eigenvalue weighted by molar-refractivity contribution is 6.74. The summed E-state index contributed by atoms with van der Waals surface area (Å²) >= 11 is 0. The molecule has 0 bridgehead atoms. The van der Waals surface area contributed by atoms with Crippen LogP contribution in [0.2, 0.25) is 18.1 Å². The van der Waals surface area contributed by atoms with Gasteiger partial charge in [0.1, 0.15) is 0 Å². The average Bonchev–Trinajstić information content (AvgIpc) is 2.36. The molecule has 1 aliphatic carbocycles. The van der Waals surface area contributed by atoms with Gasteiger partial charge in [0, 0.05) is 5.92 Å². The molecule has 0 aromatic rings. The van der Waals surface area contributed by atoms with E-state index in [4.69, 9.17) is 4.43 Å². The Kier molecular flexibility index (Phi) is 6.54. The first-order valence-corrected chi connectivity index (χ1v) is 11.5. The molecule has 1 saturated carbocycles. The predicted molar refractivity (Wildman–Crippen MR) is 93.8 cm³/mol. The zero-order valence-electron chi connectivity index (χ0n) is 15.2. The van der Waals surface area contributed by atoms with E-state index in [0.717, 1.165) is 5.76 Å². The minimum atomic E-state index is -1.76. The van der Waals surface area contributed by atoms with Crippen molar-refractivity contribution in [1.82, 2.24) is 0 Å². The molecular formula is C18H36O2Si. The monoisotopic (exact) mass is 312 g/mol. The summed E-state index contributed by atoms with van der Waals surface area (Å²) in [5.41, 5.74) is 0. The molecule has 1 rings (SSSR count). The lowest BCUT2D eigenvalue weighted by Crippen LogP contribution is -2.40. The van der Waals surface area contributed by atoms with Gasteiger partial charge in [0.05, 0.1) is 11.9 Å². The summed E-state index contributed by atoms with van der Waals surface area (Å²) in [6.07, 6.45) is 8.17. The van der Waals surface area contributed by atoms with Gasteiger partial charge < -0.3 is 9.53 Å². The number of hydrogen-bond donors (Lipinski definition) is 1. The summed E-state index contributed by atoms with van der Waals surface area (Å²) in [7, 11) is -1.76. The van der Waals surface area contributed by atoms with Crippen molar-refractivity contribution >= 4 is 8.32 Å². The summed E-state index contributed by atoms with van der Waals surface area (Å²) in [4.78, 5) is 0. The van der Waals surface area contributed by atoms with Crippen molar-refractivity contribution in [3.8, 4) is 0 Å². The number of aliphatic hydroxyl groups excluding tert-OH is 1. The first-order valence-electron chi connectivity index (χ1n) is 8.60. The Morgan fingerprint density at radius 1 is 1.19 bits per heavy atom. The molecule has 0 amide bonds. The molecule has 2 atom stereocenters. The second kappa shape index (κ2) is 7.32. The van der Waals surface area contributed by atoms with E-state index >= 15 is 0 Å². The Bertz CT molecular complexity index is 349. The number of rotatable bonds is 5. The fourth-order valence-corrected chi connectivity index (χ4v) is 4.14. The largest absolute Gasteiger partial charge is 0.547 e. The SMILES string of the molecule is C/C(=C/[C@H](C)[C@H](O)C1CCCCC1)O[Si](C)(C)C(C)(C)C. The van der Waals surface area contributed by atoms with Crippen molar-refractivity contribution in [2.75, 3.05) is 0 Å². The second-order valence-corrected chi connectivity index (χ2v) is 13.1. The Morgan fingerprint density at radius 3 is 2.19 bits per heavy atom. The van der Waals surface area contributed by atoms with Crippen LogP contribution >= 0.6 is 0 Å². The zero-order chi connectivity index (χ0) is 16.3. The van der Waals surface area contributed by atoms with Gasteiger partial charge in [-0.25, -0.2) is 0 Å². The van der Waals surface area contributed by atoms with Gasteiger partial charge in [-0.15, -0.1) is 0 Å². The Balaban J connectivity index is 2.63. The van der Waals surface area contributed by atoms with E-state index in [9.17, 15) is 5.11 Å². The molecule has 0 saturated heterocycles. The molecule has 0 aromatic carbocycles. The summed E-state index contributed by atoms with van der Waals surface area (Å²) in [5.74, 6) is 1.65. The lowest BCUT2D eigenvalue weighted by molar-refractivity contribution is 0.0547. The van der Waals surface area contributed by atoms with Crippen molar-refractivity contribution in [3.63, 3.8) is 0 Å². The van der Waals surface area contributed by atoms with E-state index in [1.54, 1.807) is 0 Å². The Hall–Kier alpha value is -0.283. The fourth-order valence-electron chi connectivity index (χ4n) is 2.96. The van der Waals surface area contributed by atoms with E-state index in [1.165, 1.54) is 32.1 Å². The normalized spacial score (nSPS) is 22.0. The number of hydrogen-bond acceptors (Lipinski definition) is 2. The van der Waals surface area contributed by atoms with Gasteiger partial charge >= 0.3 is 0 Å². The quantitative estimate of drug-likeness (QED) is 0.537. The fraction of sp³-hybridized carbons (Fsp3) is 0.889. The summed E-state index contributed by atoms with van der Waals surface area (Å²) in [6.45, 7) is 15.5. The van der Waals surface area contributed by atoms with Gasteiger partial charge in [0.2, 0.25) is 8.32 Å². The molecule has 0 aliphatic heterocycles. The van der Waals surface area contributed by atoms with Crippen LogP contribution in [0, 0.1) is 11.8 Å². The highest BCUT2D eigenvalue weighted by Gasteiger charge is 2.39. The number of aliphatic hydroxyl groups is 1. The van der Waals surface area contributed by atoms with E-state index in [-0.39, 0.29) is 17.1 Å². The van der Waals surface area contributed by atoms with Gasteiger partial charge in [0.15, 0.2) is 0 Å². The molecule has 0 aromatic heterocycles. The van der Waals surface area contributed by atoms with Crippen molar-refractivity contribution < 1.29 is 9.53 Å². The van der Waals surface area contributed by atoms with Crippen LogP contribution in [0.4, 0.5) is 0 Å². The van der Waals surface area contributed by atoms with E-state index in [1.807, 2.05) is 6.92 Å². The van der Waals surface area contributed by atoms with Crippen LogP contribution in [0.1, 0.15) is 66.7 Å². The summed E-state index contributed by atoms with van der Waals surface area (Å²) in [5, 5.41) is 10.8. The molecule has 0 unspecified atom stereocenters. The van der Waals surface area contributed by atoms with Crippen LogP contribution in [0.15, 0.2) is 11.8 Å². The average molecular weight is 313 g/mol. The third-order valence-electron chi connectivity index (χ3n) is 5.39. The predicted octanol–water partition coefficient (Wildman–Crippen LogP) is 5.49. The van der Waals surface area contributed by atoms with Crippen molar-refractivity contribution in [2.24, 2.45) is 11.8 Å². The molecule has 1 aliphatic rings.